The standard InChI is InChI=1S/C14H29N3O2/c1-4-17(12(2)11-19-3)13(10-15)9-14(18)16-7-5-6-8-16/h12-13H,4-11,15H2,1-3H3. The molecule has 2 N–H and O–H groups in total. The number of amides is 1. The third kappa shape index (κ3) is 4.75. The molecule has 1 rings (SSSR count). The predicted octanol–water partition coefficient (Wildman–Crippen LogP) is 0.683. The number of carbonyl (C=O) groups is 1. The molecular formula is C14H29N3O2. The zero-order chi connectivity index (χ0) is 14.3. The van der Waals surface area contributed by atoms with Crippen molar-refractivity contribution in [2.45, 2.75) is 45.2 Å². The number of hydrogen-bond donors (Lipinski definition) is 1. The zero-order valence-electron chi connectivity index (χ0n) is 12.6. The lowest BCUT2D eigenvalue weighted by atomic mass is 10.1. The van der Waals surface area contributed by atoms with Crippen molar-refractivity contribution in [3.63, 3.8) is 0 Å². The van der Waals surface area contributed by atoms with E-state index in [0.29, 0.717) is 19.6 Å². The van der Waals surface area contributed by atoms with Crippen molar-refractivity contribution in [3.8, 4) is 0 Å². The molecule has 1 saturated heterocycles. The van der Waals surface area contributed by atoms with Crippen molar-refractivity contribution >= 4 is 5.91 Å². The van der Waals surface area contributed by atoms with E-state index in [1.807, 2.05) is 4.90 Å². The Bertz CT molecular complexity index is 267. The smallest absolute Gasteiger partial charge is 0.224 e. The first-order valence-electron chi connectivity index (χ1n) is 7.36. The van der Waals surface area contributed by atoms with Gasteiger partial charge in [-0.05, 0) is 26.3 Å². The van der Waals surface area contributed by atoms with Crippen molar-refractivity contribution in [2.75, 3.05) is 39.9 Å². The van der Waals surface area contributed by atoms with Crippen LogP contribution in [0.15, 0.2) is 0 Å². The van der Waals surface area contributed by atoms with Crippen molar-refractivity contribution in [1.82, 2.24) is 9.80 Å². The van der Waals surface area contributed by atoms with Gasteiger partial charge < -0.3 is 15.4 Å². The van der Waals surface area contributed by atoms with Gasteiger partial charge in [0.25, 0.3) is 0 Å². The fourth-order valence-corrected chi connectivity index (χ4v) is 2.90. The second-order valence-corrected chi connectivity index (χ2v) is 5.32. The number of nitrogens with two attached hydrogens (primary N) is 1. The maximum atomic E-state index is 12.2. The molecule has 0 spiro atoms. The van der Waals surface area contributed by atoms with Gasteiger partial charge in [-0.3, -0.25) is 9.69 Å². The first kappa shape index (κ1) is 16.4. The molecule has 112 valence electrons. The lowest BCUT2D eigenvalue weighted by molar-refractivity contribution is -0.131. The Morgan fingerprint density at radius 1 is 1.42 bits per heavy atom. The van der Waals surface area contributed by atoms with E-state index < -0.39 is 0 Å². The number of rotatable bonds is 8. The van der Waals surface area contributed by atoms with Gasteiger partial charge in [0, 0.05) is 45.2 Å². The summed E-state index contributed by atoms with van der Waals surface area (Å²) in [5, 5.41) is 0. The summed E-state index contributed by atoms with van der Waals surface area (Å²) in [6.07, 6.45) is 2.80. The summed E-state index contributed by atoms with van der Waals surface area (Å²) >= 11 is 0. The van der Waals surface area contributed by atoms with Crippen LogP contribution in [0.3, 0.4) is 0 Å². The topological polar surface area (TPSA) is 58.8 Å². The Hall–Kier alpha value is -0.650. The molecule has 0 saturated carbocycles. The number of likely N-dealkylation sites (N-methyl/N-ethyl adjacent to an activating group) is 1. The summed E-state index contributed by atoms with van der Waals surface area (Å²) in [6, 6.07) is 0.401. The van der Waals surface area contributed by atoms with Crippen molar-refractivity contribution in [1.29, 1.82) is 0 Å². The highest BCUT2D eigenvalue weighted by Gasteiger charge is 2.26. The highest BCUT2D eigenvalue weighted by molar-refractivity contribution is 5.77. The predicted molar refractivity (Wildman–Crippen MR) is 77.0 cm³/mol. The van der Waals surface area contributed by atoms with E-state index in [1.165, 1.54) is 0 Å². The van der Waals surface area contributed by atoms with E-state index in [2.05, 4.69) is 18.7 Å². The van der Waals surface area contributed by atoms with Crippen LogP contribution in [0.25, 0.3) is 0 Å². The van der Waals surface area contributed by atoms with Crippen molar-refractivity contribution < 1.29 is 9.53 Å². The number of nitrogens with zero attached hydrogens (tertiary/aromatic N) is 2. The lowest BCUT2D eigenvalue weighted by Crippen LogP contribution is -2.49. The molecule has 2 unspecified atom stereocenters. The zero-order valence-corrected chi connectivity index (χ0v) is 12.6. The molecule has 1 heterocycles. The van der Waals surface area contributed by atoms with Gasteiger partial charge >= 0.3 is 0 Å². The summed E-state index contributed by atoms with van der Waals surface area (Å²) in [4.78, 5) is 16.5. The van der Waals surface area contributed by atoms with Crippen LogP contribution in [0.1, 0.15) is 33.1 Å². The molecule has 0 bridgehead atoms. The molecule has 0 aromatic carbocycles. The van der Waals surface area contributed by atoms with Crippen molar-refractivity contribution in [2.24, 2.45) is 5.73 Å². The number of likely N-dealkylation sites (tertiary alicyclic amines) is 1. The van der Waals surface area contributed by atoms with E-state index in [1.54, 1.807) is 7.11 Å². The second-order valence-electron chi connectivity index (χ2n) is 5.32. The van der Waals surface area contributed by atoms with Crippen LogP contribution in [0.4, 0.5) is 0 Å². The number of methoxy groups -OCH3 is 1. The van der Waals surface area contributed by atoms with Gasteiger partial charge in [0.2, 0.25) is 5.91 Å². The SMILES string of the molecule is CCN(C(C)COC)C(CN)CC(=O)N1CCCC1. The summed E-state index contributed by atoms with van der Waals surface area (Å²) in [5.41, 5.74) is 5.88. The lowest BCUT2D eigenvalue weighted by Gasteiger charge is -2.35. The van der Waals surface area contributed by atoms with Crippen LogP contribution >= 0.6 is 0 Å². The molecule has 5 nitrogen and oxygen atoms in total. The third-order valence-electron chi connectivity index (χ3n) is 3.95. The fourth-order valence-electron chi connectivity index (χ4n) is 2.90. The molecule has 0 radical (unpaired) electrons. The molecule has 19 heavy (non-hydrogen) atoms. The van der Waals surface area contributed by atoms with Gasteiger partial charge in [-0.1, -0.05) is 6.92 Å². The van der Waals surface area contributed by atoms with Gasteiger partial charge in [-0.25, -0.2) is 0 Å². The summed E-state index contributed by atoms with van der Waals surface area (Å²) < 4.78 is 5.21. The normalized spacial score (nSPS) is 18.9. The van der Waals surface area contributed by atoms with Crippen LogP contribution in [-0.2, 0) is 9.53 Å². The molecule has 0 aromatic heterocycles. The summed E-state index contributed by atoms with van der Waals surface area (Å²) in [7, 11) is 1.71. The van der Waals surface area contributed by atoms with E-state index in [4.69, 9.17) is 10.5 Å². The molecule has 1 aliphatic heterocycles. The Balaban J connectivity index is 2.56. The van der Waals surface area contributed by atoms with E-state index in [-0.39, 0.29) is 18.0 Å². The fraction of sp³-hybridized carbons (Fsp3) is 0.929. The molecule has 1 amide bonds. The maximum absolute atomic E-state index is 12.2. The first-order valence-corrected chi connectivity index (χ1v) is 7.36. The van der Waals surface area contributed by atoms with Crippen LogP contribution < -0.4 is 5.73 Å². The molecule has 1 aliphatic rings. The summed E-state index contributed by atoms with van der Waals surface area (Å²) in [5.74, 6) is 0.246. The number of hydrogen-bond acceptors (Lipinski definition) is 4. The average Bonchev–Trinajstić information content (AvgIpc) is 2.92. The van der Waals surface area contributed by atoms with Crippen LogP contribution in [0.5, 0.6) is 0 Å². The molecular weight excluding hydrogens is 242 g/mol. The second kappa shape index (κ2) is 8.51. The maximum Gasteiger partial charge on any atom is 0.224 e. The highest BCUT2D eigenvalue weighted by Crippen LogP contribution is 2.14. The molecule has 2 atom stereocenters. The van der Waals surface area contributed by atoms with Crippen LogP contribution in [0, 0.1) is 0 Å². The van der Waals surface area contributed by atoms with E-state index in [0.717, 1.165) is 32.5 Å². The largest absolute Gasteiger partial charge is 0.383 e. The van der Waals surface area contributed by atoms with Gasteiger partial charge in [-0.2, -0.15) is 0 Å². The molecule has 0 aliphatic carbocycles. The third-order valence-corrected chi connectivity index (χ3v) is 3.95. The Morgan fingerprint density at radius 3 is 2.53 bits per heavy atom. The van der Waals surface area contributed by atoms with E-state index in [9.17, 15) is 4.79 Å². The quantitative estimate of drug-likeness (QED) is 0.705. The molecule has 5 heteroatoms. The van der Waals surface area contributed by atoms with Crippen molar-refractivity contribution in [3.05, 3.63) is 0 Å². The number of ether oxygens (including phenoxy) is 1. The van der Waals surface area contributed by atoms with Gasteiger partial charge in [0.05, 0.1) is 6.61 Å². The minimum atomic E-state index is 0.114. The minimum absolute atomic E-state index is 0.114. The van der Waals surface area contributed by atoms with Crippen LogP contribution in [0.2, 0.25) is 0 Å². The monoisotopic (exact) mass is 271 g/mol. The van der Waals surface area contributed by atoms with Gasteiger partial charge in [0.1, 0.15) is 0 Å². The Morgan fingerprint density at radius 2 is 2.05 bits per heavy atom. The van der Waals surface area contributed by atoms with Gasteiger partial charge in [0.15, 0.2) is 0 Å². The summed E-state index contributed by atoms with van der Waals surface area (Å²) in [6.45, 7) is 8.13. The Labute approximate surface area is 117 Å². The first-order chi connectivity index (χ1) is 9.13. The number of carbonyl (C=O) groups excluding carboxylic acids is 1. The molecule has 1 fully saturated rings. The minimum Gasteiger partial charge on any atom is -0.383 e. The average molecular weight is 271 g/mol. The van der Waals surface area contributed by atoms with E-state index >= 15 is 0 Å². The Kier molecular flexibility index (Phi) is 7.34. The van der Waals surface area contributed by atoms with Gasteiger partial charge in [-0.15, -0.1) is 0 Å². The highest BCUT2D eigenvalue weighted by atomic mass is 16.5. The molecule has 0 aromatic rings. The van der Waals surface area contributed by atoms with Crippen LogP contribution in [-0.4, -0.2) is 67.7 Å².